The van der Waals surface area contributed by atoms with Gasteiger partial charge in [0.05, 0.1) is 0 Å². The molecule has 0 aliphatic carbocycles. The van der Waals surface area contributed by atoms with Gasteiger partial charge >= 0.3 is 5.97 Å². The van der Waals surface area contributed by atoms with Crippen molar-refractivity contribution in [1.82, 2.24) is 0 Å². The van der Waals surface area contributed by atoms with Crippen molar-refractivity contribution in [2.24, 2.45) is 5.73 Å². The number of carbonyl (C=O) groups is 1. The molecule has 0 fully saturated rings. The van der Waals surface area contributed by atoms with Crippen molar-refractivity contribution in [2.75, 3.05) is 5.75 Å². The monoisotopic (exact) mass is 233 g/mol. The quantitative estimate of drug-likeness (QED) is 0.776. The Kier molecular flexibility index (Phi) is 6.36. The maximum atomic E-state index is 10.4. The van der Waals surface area contributed by atoms with Crippen LogP contribution < -0.4 is 5.73 Å². The van der Waals surface area contributed by atoms with Crippen molar-refractivity contribution in [3.63, 3.8) is 0 Å². The van der Waals surface area contributed by atoms with Crippen LogP contribution in [-0.4, -0.2) is 22.9 Å². The first-order valence-corrected chi connectivity index (χ1v) is 4.85. The largest absolute Gasteiger partial charge is 0.480 e. The number of nitrogens with two attached hydrogens (primary N) is 1. The van der Waals surface area contributed by atoms with Gasteiger partial charge in [-0.25, -0.2) is 0 Å². The molecule has 0 radical (unpaired) electrons. The minimum Gasteiger partial charge on any atom is -0.480 e. The Hall–Kier alpha value is -0.710. The first-order valence-electron chi connectivity index (χ1n) is 3.86. The maximum Gasteiger partial charge on any atom is 0.321 e. The van der Waals surface area contributed by atoms with E-state index in [2.05, 4.69) is 0 Å². The predicted octanol–water partition coefficient (Wildman–Crippen LogP) is 1.61. The molecule has 1 aromatic rings. The summed E-state index contributed by atoms with van der Waals surface area (Å²) in [4.78, 5) is 11.4. The number of carboxylic acid groups (broad SMARTS) is 1. The second-order valence-corrected chi connectivity index (χ2v) is 3.66. The van der Waals surface area contributed by atoms with Gasteiger partial charge in [0.15, 0.2) is 0 Å². The summed E-state index contributed by atoms with van der Waals surface area (Å²) in [6.07, 6.45) is 0. The second kappa shape index (κ2) is 6.70. The zero-order valence-corrected chi connectivity index (χ0v) is 9.05. The molecule has 0 saturated carbocycles. The third-order valence-corrected chi connectivity index (χ3v) is 2.62. The fourth-order valence-corrected chi connectivity index (χ4v) is 1.64. The van der Waals surface area contributed by atoms with E-state index >= 15 is 0 Å². The Balaban J connectivity index is 0.00000169. The highest BCUT2D eigenvalue weighted by atomic mass is 35.5. The molecular formula is C9H12ClNO2S. The first-order chi connectivity index (χ1) is 6.20. The summed E-state index contributed by atoms with van der Waals surface area (Å²) >= 11 is 1.45. The average Bonchev–Trinajstić information content (AvgIpc) is 2.15. The van der Waals surface area contributed by atoms with Crippen molar-refractivity contribution >= 4 is 30.1 Å². The van der Waals surface area contributed by atoms with Crippen LogP contribution in [-0.2, 0) is 4.79 Å². The van der Waals surface area contributed by atoms with Gasteiger partial charge in [0.25, 0.3) is 0 Å². The Labute approximate surface area is 93.1 Å². The zero-order valence-electron chi connectivity index (χ0n) is 7.42. The normalized spacial score (nSPS) is 11.5. The topological polar surface area (TPSA) is 63.3 Å². The van der Waals surface area contributed by atoms with Crippen molar-refractivity contribution in [2.45, 2.75) is 10.9 Å². The molecule has 0 aromatic heterocycles. The van der Waals surface area contributed by atoms with Crippen LogP contribution in [0.1, 0.15) is 0 Å². The van der Waals surface area contributed by atoms with Crippen LogP contribution in [0.15, 0.2) is 35.2 Å². The van der Waals surface area contributed by atoms with E-state index in [4.69, 9.17) is 10.8 Å². The molecule has 3 N–H and O–H groups in total. The molecule has 0 bridgehead atoms. The van der Waals surface area contributed by atoms with E-state index < -0.39 is 12.0 Å². The number of halogens is 1. The number of rotatable bonds is 4. The Morgan fingerprint density at radius 2 is 2.00 bits per heavy atom. The number of thioether (sulfide) groups is 1. The molecule has 1 rings (SSSR count). The second-order valence-electron chi connectivity index (χ2n) is 2.57. The fraction of sp³-hybridized carbons (Fsp3) is 0.222. The SMILES string of the molecule is Cl.NC(CSc1ccccc1)C(=O)O. The van der Waals surface area contributed by atoms with E-state index in [1.54, 1.807) is 0 Å². The molecule has 1 atom stereocenters. The molecule has 78 valence electrons. The van der Waals surface area contributed by atoms with Crippen molar-refractivity contribution in [3.8, 4) is 0 Å². The van der Waals surface area contributed by atoms with Crippen molar-refractivity contribution in [1.29, 1.82) is 0 Å². The third-order valence-electron chi connectivity index (χ3n) is 1.49. The molecule has 0 aliphatic rings. The number of benzene rings is 1. The standard InChI is InChI=1S/C9H11NO2S.ClH/c10-8(9(11)12)6-13-7-4-2-1-3-5-7;/h1-5,8H,6,10H2,(H,11,12);1H. The Bertz CT molecular complexity index is 281. The van der Waals surface area contributed by atoms with E-state index in [9.17, 15) is 4.79 Å². The summed E-state index contributed by atoms with van der Waals surface area (Å²) in [5.74, 6) is -0.553. The molecule has 0 spiro atoms. The fourth-order valence-electron chi connectivity index (χ4n) is 0.774. The van der Waals surface area contributed by atoms with Crippen LogP contribution in [0.4, 0.5) is 0 Å². The van der Waals surface area contributed by atoms with Crippen LogP contribution in [0.2, 0.25) is 0 Å². The Morgan fingerprint density at radius 1 is 1.43 bits per heavy atom. The lowest BCUT2D eigenvalue weighted by atomic mass is 10.4. The number of hydrogen-bond acceptors (Lipinski definition) is 3. The lowest BCUT2D eigenvalue weighted by molar-refractivity contribution is -0.137. The van der Waals surface area contributed by atoms with Gasteiger partial charge in [-0.1, -0.05) is 18.2 Å². The van der Waals surface area contributed by atoms with Crippen LogP contribution in [0.25, 0.3) is 0 Å². The molecule has 0 amide bonds. The molecule has 1 unspecified atom stereocenters. The summed E-state index contributed by atoms with van der Waals surface area (Å²) in [6, 6.07) is 8.81. The minimum atomic E-state index is -0.955. The molecule has 1 aromatic carbocycles. The molecular weight excluding hydrogens is 222 g/mol. The van der Waals surface area contributed by atoms with E-state index in [-0.39, 0.29) is 12.4 Å². The summed E-state index contributed by atoms with van der Waals surface area (Å²) in [6.45, 7) is 0. The highest BCUT2D eigenvalue weighted by molar-refractivity contribution is 7.99. The smallest absolute Gasteiger partial charge is 0.321 e. The lowest BCUT2D eigenvalue weighted by Gasteiger charge is -2.04. The van der Waals surface area contributed by atoms with Crippen LogP contribution in [0.3, 0.4) is 0 Å². The predicted molar refractivity (Wildman–Crippen MR) is 60.0 cm³/mol. The van der Waals surface area contributed by atoms with E-state index in [1.807, 2.05) is 30.3 Å². The summed E-state index contributed by atoms with van der Waals surface area (Å²) in [5, 5.41) is 8.52. The lowest BCUT2D eigenvalue weighted by Crippen LogP contribution is -2.32. The van der Waals surface area contributed by atoms with Crippen LogP contribution in [0.5, 0.6) is 0 Å². The van der Waals surface area contributed by atoms with E-state index in [0.717, 1.165) is 4.90 Å². The van der Waals surface area contributed by atoms with E-state index in [0.29, 0.717) is 5.75 Å². The highest BCUT2D eigenvalue weighted by Gasteiger charge is 2.10. The van der Waals surface area contributed by atoms with Gasteiger partial charge in [0, 0.05) is 10.6 Å². The van der Waals surface area contributed by atoms with E-state index in [1.165, 1.54) is 11.8 Å². The van der Waals surface area contributed by atoms with Gasteiger partial charge in [-0.3, -0.25) is 4.79 Å². The molecule has 14 heavy (non-hydrogen) atoms. The van der Waals surface area contributed by atoms with Gasteiger partial charge in [-0.2, -0.15) is 0 Å². The zero-order chi connectivity index (χ0) is 9.68. The highest BCUT2D eigenvalue weighted by Crippen LogP contribution is 2.17. The molecule has 5 heteroatoms. The minimum absolute atomic E-state index is 0. The van der Waals surface area contributed by atoms with Crippen molar-refractivity contribution in [3.05, 3.63) is 30.3 Å². The third kappa shape index (κ3) is 4.50. The maximum absolute atomic E-state index is 10.4. The molecule has 0 aliphatic heterocycles. The van der Waals surface area contributed by atoms with Gasteiger partial charge in [-0.15, -0.1) is 24.2 Å². The van der Waals surface area contributed by atoms with Crippen LogP contribution in [0, 0.1) is 0 Å². The van der Waals surface area contributed by atoms with Gasteiger partial charge in [0.1, 0.15) is 6.04 Å². The number of carboxylic acids is 1. The molecule has 3 nitrogen and oxygen atoms in total. The van der Waals surface area contributed by atoms with Gasteiger partial charge < -0.3 is 10.8 Å². The summed E-state index contributed by atoms with van der Waals surface area (Å²) < 4.78 is 0. The average molecular weight is 234 g/mol. The van der Waals surface area contributed by atoms with Gasteiger partial charge in [-0.05, 0) is 12.1 Å². The van der Waals surface area contributed by atoms with Crippen LogP contribution >= 0.6 is 24.2 Å². The molecule has 0 heterocycles. The summed E-state index contributed by atoms with van der Waals surface area (Å²) in [7, 11) is 0. The first kappa shape index (κ1) is 13.3. The summed E-state index contributed by atoms with van der Waals surface area (Å²) in [5.41, 5.74) is 5.34. The number of aliphatic carboxylic acids is 1. The number of hydrogen-bond donors (Lipinski definition) is 2. The van der Waals surface area contributed by atoms with Gasteiger partial charge in [0.2, 0.25) is 0 Å². The Morgan fingerprint density at radius 3 is 2.50 bits per heavy atom. The van der Waals surface area contributed by atoms with Crippen molar-refractivity contribution < 1.29 is 9.90 Å². The molecule has 0 saturated heterocycles.